The maximum Gasteiger partial charge on any atom is 0.361 e. The highest BCUT2D eigenvalue weighted by atomic mass is 79.9. The molecule has 2 aromatic carbocycles. The van der Waals surface area contributed by atoms with Crippen LogP contribution >= 0.6 is 7.37 Å². The number of likely N-dealkylation sites (N-methyl/N-ethyl adjacent to an activating group) is 1. The van der Waals surface area contributed by atoms with Crippen molar-refractivity contribution in [3.05, 3.63) is 60.7 Å². The van der Waals surface area contributed by atoms with Crippen molar-refractivity contribution in [1.29, 1.82) is 0 Å². The molecule has 0 heterocycles. The largest absolute Gasteiger partial charge is 1.00 e. The molecule has 0 aliphatic heterocycles. The molecule has 0 spiro atoms. The smallest absolute Gasteiger partial charge is 0.361 e. The van der Waals surface area contributed by atoms with Gasteiger partial charge in [0.15, 0.2) is 6.54 Å². The van der Waals surface area contributed by atoms with Gasteiger partial charge in [-0.25, -0.2) is 4.79 Å². The number of ether oxygens (including phenoxy) is 1. The summed E-state index contributed by atoms with van der Waals surface area (Å²) in [5.74, 6) is -0.244. The molecule has 0 aromatic heterocycles. The van der Waals surface area contributed by atoms with Crippen LogP contribution in [0.2, 0.25) is 0 Å². The van der Waals surface area contributed by atoms with E-state index in [1.807, 2.05) is 74.8 Å². The van der Waals surface area contributed by atoms with Gasteiger partial charge in [0.1, 0.15) is 13.2 Å². The lowest BCUT2D eigenvalue weighted by molar-refractivity contribution is -0.883. The molecule has 148 valence electrons. The number of carbonyl (C=O) groups excluding carboxylic acids is 1. The highest BCUT2D eigenvalue weighted by Gasteiger charge is 2.30. The Bertz CT molecular complexity index is 710. The van der Waals surface area contributed by atoms with Gasteiger partial charge in [-0.15, -0.1) is 0 Å². The minimum atomic E-state index is -3.18. The molecule has 0 amide bonds. The van der Waals surface area contributed by atoms with E-state index in [9.17, 15) is 9.36 Å². The van der Waals surface area contributed by atoms with Gasteiger partial charge in [0.2, 0.25) is 0 Å². The SMILES string of the molecule is CCOC(=O)C[N+](C)(C)CCOP(=O)(c1ccccc1)c1ccccc1.[Br-]. The lowest BCUT2D eigenvalue weighted by atomic mass is 10.4. The summed E-state index contributed by atoms with van der Waals surface area (Å²) in [6.07, 6.45) is 0. The van der Waals surface area contributed by atoms with Gasteiger partial charge >= 0.3 is 5.97 Å². The van der Waals surface area contributed by atoms with Gasteiger partial charge in [-0.3, -0.25) is 4.57 Å². The summed E-state index contributed by atoms with van der Waals surface area (Å²) in [5.41, 5.74) is 0. The number of quaternary nitrogens is 1. The third kappa shape index (κ3) is 6.89. The fourth-order valence-electron chi connectivity index (χ4n) is 2.60. The zero-order valence-corrected chi connectivity index (χ0v) is 18.5. The molecular weight excluding hydrogens is 429 g/mol. The molecule has 0 N–H and O–H groups in total. The van der Waals surface area contributed by atoms with Crippen LogP contribution in [0.5, 0.6) is 0 Å². The maximum absolute atomic E-state index is 13.7. The third-order valence-electron chi connectivity index (χ3n) is 4.02. The number of esters is 1. The van der Waals surface area contributed by atoms with Crippen LogP contribution in [0, 0.1) is 0 Å². The molecule has 0 aliphatic rings. The molecular formula is C20H27BrNO4P. The van der Waals surface area contributed by atoms with Crippen molar-refractivity contribution in [1.82, 2.24) is 0 Å². The number of halogens is 1. The predicted octanol–water partition coefficient (Wildman–Crippen LogP) is -0.424. The minimum Gasteiger partial charge on any atom is -1.00 e. The highest BCUT2D eigenvalue weighted by Crippen LogP contribution is 2.44. The first-order chi connectivity index (χ1) is 12.4. The van der Waals surface area contributed by atoms with Gasteiger partial charge < -0.3 is 30.7 Å². The molecule has 0 bridgehead atoms. The van der Waals surface area contributed by atoms with Crippen LogP contribution in [0.4, 0.5) is 0 Å². The van der Waals surface area contributed by atoms with Crippen LogP contribution in [0.1, 0.15) is 6.92 Å². The Hall–Kier alpha value is -1.46. The molecule has 0 radical (unpaired) electrons. The lowest BCUT2D eigenvalue weighted by Gasteiger charge is -2.29. The fourth-order valence-corrected chi connectivity index (χ4v) is 4.66. The van der Waals surface area contributed by atoms with Gasteiger partial charge in [-0.2, -0.15) is 0 Å². The van der Waals surface area contributed by atoms with E-state index in [2.05, 4.69) is 0 Å². The summed E-state index contributed by atoms with van der Waals surface area (Å²) >= 11 is 0. The maximum atomic E-state index is 13.7. The van der Waals surface area contributed by atoms with Crippen LogP contribution in [0.3, 0.4) is 0 Å². The van der Waals surface area contributed by atoms with Crippen molar-refractivity contribution < 1.29 is 40.1 Å². The summed E-state index contributed by atoms with van der Waals surface area (Å²) in [7, 11) is 0.670. The van der Waals surface area contributed by atoms with E-state index in [0.29, 0.717) is 28.2 Å². The molecule has 5 nitrogen and oxygen atoms in total. The van der Waals surface area contributed by atoms with Crippen molar-refractivity contribution in [3.8, 4) is 0 Å². The average Bonchev–Trinajstić information content (AvgIpc) is 2.62. The summed E-state index contributed by atoms with van der Waals surface area (Å²) in [6.45, 7) is 3.22. The van der Waals surface area contributed by atoms with Crippen LogP contribution in [0.25, 0.3) is 0 Å². The second-order valence-electron chi connectivity index (χ2n) is 6.68. The highest BCUT2D eigenvalue weighted by molar-refractivity contribution is 7.74. The second-order valence-corrected chi connectivity index (χ2v) is 9.07. The third-order valence-corrected chi connectivity index (χ3v) is 6.53. The Morgan fingerprint density at radius 1 is 0.963 bits per heavy atom. The number of nitrogens with zero attached hydrogens (tertiary/aromatic N) is 1. The van der Waals surface area contributed by atoms with Crippen LogP contribution in [-0.4, -0.2) is 50.9 Å². The van der Waals surface area contributed by atoms with Crippen LogP contribution < -0.4 is 27.6 Å². The summed E-state index contributed by atoms with van der Waals surface area (Å²) in [4.78, 5) is 11.7. The Morgan fingerprint density at radius 2 is 1.44 bits per heavy atom. The Morgan fingerprint density at radius 3 is 1.89 bits per heavy atom. The normalized spacial score (nSPS) is 11.5. The number of hydrogen-bond donors (Lipinski definition) is 0. The summed E-state index contributed by atoms with van der Waals surface area (Å²) in [6, 6.07) is 18.5. The van der Waals surface area contributed by atoms with E-state index in [-0.39, 0.29) is 36.1 Å². The van der Waals surface area contributed by atoms with Crippen molar-refractivity contribution in [2.24, 2.45) is 0 Å². The topological polar surface area (TPSA) is 52.6 Å². The van der Waals surface area contributed by atoms with Gasteiger partial charge in [-0.05, 0) is 31.2 Å². The van der Waals surface area contributed by atoms with Crippen molar-refractivity contribution >= 4 is 23.9 Å². The molecule has 0 aliphatic carbocycles. The van der Waals surface area contributed by atoms with E-state index in [0.717, 1.165) is 0 Å². The summed E-state index contributed by atoms with van der Waals surface area (Å²) in [5, 5.41) is 1.34. The molecule has 27 heavy (non-hydrogen) atoms. The molecule has 0 fully saturated rings. The van der Waals surface area contributed by atoms with Crippen molar-refractivity contribution in [2.45, 2.75) is 6.92 Å². The molecule has 2 rings (SSSR count). The second kappa shape index (κ2) is 10.8. The zero-order valence-electron chi connectivity index (χ0n) is 16.0. The number of rotatable bonds is 9. The van der Waals surface area contributed by atoms with Crippen molar-refractivity contribution in [2.75, 3.05) is 40.4 Å². The van der Waals surface area contributed by atoms with E-state index < -0.39 is 7.37 Å². The molecule has 0 saturated heterocycles. The van der Waals surface area contributed by atoms with Crippen LogP contribution in [0.15, 0.2) is 60.7 Å². The average molecular weight is 456 g/mol. The Balaban J connectivity index is 0.00000364. The van der Waals surface area contributed by atoms with Gasteiger partial charge in [0.05, 0.1) is 20.7 Å². The van der Waals surface area contributed by atoms with Gasteiger partial charge in [-0.1, -0.05) is 36.4 Å². The van der Waals surface area contributed by atoms with Gasteiger partial charge in [0.25, 0.3) is 7.37 Å². The van der Waals surface area contributed by atoms with Crippen LogP contribution in [-0.2, 0) is 18.6 Å². The Labute approximate surface area is 172 Å². The summed E-state index contributed by atoms with van der Waals surface area (Å²) < 4.78 is 25.1. The lowest BCUT2D eigenvalue weighted by Crippen LogP contribution is -3.00. The Kier molecular flexibility index (Phi) is 9.40. The molecule has 7 heteroatoms. The molecule has 0 saturated carbocycles. The first-order valence-corrected chi connectivity index (χ1v) is 10.3. The minimum absolute atomic E-state index is 0. The number of carbonyl (C=O) groups is 1. The first kappa shape index (κ1) is 23.6. The van der Waals surface area contributed by atoms with E-state index in [4.69, 9.17) is 9.26 Å². The van der Waals surface area contributed by atoms with E-state index in [1.54, 1.807) is 6.92 Å². The molecule has 0 unspecified atom stereocenters. The van der Waals surface area contributed by atoms with E-state index in [1.165, 1.54) is 0 Å². The monoisotopic (exact) mass is 455 g/mol. The quantitative estimate of drug-likeness (QED) is 0.292. The van der Waals surface area contributed by atoms with E-state index >= 15 is 0 Å². The van der Waals surface area contributed by atoms with Crippen molar-refractivity contribution in [3.63, 3.8) is 0 Å². The zero-order chi connectivity index (χ0) is 19.0. The van der Waals surface area contributed by atoms with Gasteiger partial charge in [0, 0.05) is 10.6 Å². The first-order valence-electron chi connectivity index (χ1n) is 8.71. The molecule has 2 aromatic rings. The fraction of sp³-hybridized carbons (Fsp3) is 0.350. The standard InChI is InChI=1S/C20H27NO4P.BrH/c1-4-24-20(22)17-21(2,3)15-16-25-26(23,18-11-7-5-8-12-18)19-13-9-6-10-14-19;/h5-14H,4,15-17H2,1-3H3;1H/q+1;/p-1. The number of hydrogen-bond acceptors (Lipinski definition) is 4. The molecule has 0 atom stereocenters. The number of benzene rings is 2. The predicted molar refractivity (Wildman–Crippen MR) is 104 cm³/mol.